The van der Waals surface area contributed by atoms with Crippen LogP contribution >= 0.6 is 23.4 Å². The van der Waals surface area contributed by atoms with E-state index in [4.69, 9.17) is 16.3 Å². The Hall–Kier alpha value is -1.30. The van der Waals surface area contributed by atoms with Crippen LogP contribution in [0.5, 0.6) is 5.75 Å². The Kier molecular flexibility index (Phi) is 4.80. The van der Waals surface area contributed by atoms with E-state index < -0.39 is 23.0 Å². The molecule has 1 unspecified atom stereocenters. The normalized spacial score (nSPS) is 21.4. The fraction of sp³-hybridized carbons (Fsp3) is 0.294. The SMILES string of the molecule is CC(O)[C@@H]1COc2c(F)ccc(F)c2[C@H]1Sc1ccc(Cl)cc1. The molecular weight excluding hydrogens is 342 g/mol. The molecule has 1 aliphatic rings. The van der Waals surface area contributed by atoms with Crippen molar-refractivity contribution in [1.29, 1.82) is 0 Å². The van der Waals surface area contributed by atoms with Gasteiger partial charge in [-0.15, -0.1) is 11.8 Å². The second-order valence-electron chi connectivity index (χ2n) is 5.48. The molecule has 0 aliphatic carbocycles. The molecule has 122 valence electrons. The predicted molar refractivity (Wildman–Crippen MR) is 87.1 cm³/mol. The van der Waals surface area contributed by atoms with Gasteiger partial charge in [-0.2, -0.15) is 0 Å². The molecule has 23 heavy (non-hydrogen) atoms. The van der Waals surface area contributed by atoms with E-state index in [1.807, 2.05) is 12.1 Å². The van der Waals surface area contributed by atoms with Crippen LogP contribution in [0.4, 0.5) is 8.78 Å². The first-order valence-corrected chi connectivity index (χ1v) is 8.44. The monoisotopic (exact) mass is 356 g/mol. The number of ether oxygens (including phenoxy) is 1. The van der Waals surface area contributed by atoms with Crippen molar-refractivity contribution < 1.29 is 18.6 Å². The van der Waals surface area contributed by atoms with Gasteiger partial charge in [-0.3, -0.25) is 0 Å². The number of rotatable bonds is 3. The molecule has 2 nitrogen and oxygen atoms in total. The van der Waals surface area contributed by atoms with Gasteiger partial charge in [0.25, 0.3) is 0 Å². The maximum absolute atomic E-state index is 14.3. The Labute approximate surface area is 142 Å². The largest absolute Gasteiger partial charge is 0.490 e. The van der Waals surface area contributed by atoms with Crippen LogP contribution in [0.2, 0.25) is 5.02 Å². The summed E-state index contributed by atoms with van der Waals surface area (Å²) in [7, 11) is 0. The average Bonchev–Trinajstić information content (AvgIpc) is 2.53. The molecule has 6 heteroatoms. The summed E-state index contributed by atoms with van der Waals surface area (Å²) in [6.07, 6.45) is -0.712. The molecule has 2 aromatic carbocycles. The minimum atomic E-state index is -0.712. The van der Waals surface area contributed by atoms with Crippen molar-refractivity contribution in [3.63, 3.8) is 0 Å². The van der Waals surface area contributed by atoms with Crippen molar-refractivity contribution in [1.82, 2.24) is 0 Å². The Bertz CT molecular complexity index is 706. The van der Waals surface area contributed by atoms with Gasteiger partial charge in [0.05, 0.1) is 12.7 Å². The highest BCUT2D eigenvalue weighted by atomic mass is 35.5. The van der Waals surface area contributed by atoms with E-state index in [9.17, 15) is 13.9 Å². The van der Waals surface area contributed by atoms with Gasteiger partial charge < -0.3 is 9.84 Å². The summed E-state index contributed by atoms with van der Waals surface area (Å²) in [4.78, 5) is 0.863. The first-order valence-electron chi connectivity index (χ1n) is 7.18. The van der Waals surface area contributed by atoms with Gasteiger partial charge in [-0.05, 0) is 43.3 Å². The molecule has 0 radical (unpaired) electrons. The number of halogens is 3. The molecule has 3 atom stereocenters. The maximum atomic E-state index is 14.3. The molecule has 0 saturated carbocycles. The third-order valence-electron chi connectivity index (χ3n) is 3.88. The predicted octanol–water partition coefficient (Wildman–Crippen LogP) is 4.84. The van der Waals surface area contributed by atoms with Crippen molar-refractivity contribution in [3.8, 4) is 5.75 Å². The molecule has 0 fully saturated rings. The second kappa shape index (κ2) is 6.67. The lowest BCUT2D eigenvalue weighted by molar-refractivity contribution is 0.0732. The van der Waals surface area contributed by atoms with Gasteiger partial charge in [0.15, 0.2) is 11.6 Å². The van der Waals surface area contributed by atoms with Crippen LogP contribution in [0.25, 0.3) is 0 Å². The molecule has 3 rings (SSSR count). The van der Waals surface area contributed by atoms with Crippen LogP contribution < -0.4 is 4.74 Å². The van der Waals surface area contributed by atoms with E-state index in [0.29, 0.717) is 5.02 Å². The van der Waals surface area contributed by atoms with E-state index in [1.54, 1.807) is 19.1 Å². The van der Waals surface area contributed by atoms with Gasteiger partial charge in [0, 0.05) is 26.6 Å². The summed E-state index contributed by atoms with van der Waals surface area (Å²) in [6, 6.07) is 9.27. The lowest BCUT2D eigenvalue weighted by atomic mass is 9.91. The Morgan fingerprint density at radius 2 is 1.83 bits per heavy atom. The Balaban J connectivity index is 2.03. The van der Waals surface area contributed by atoms with Gasteiger partial charge in [-0.1, -0.05) is 11.6 Å². The number of aliphatic hydroxyl groups is 1. The van der Waals surface area contributed by atoms with E-state index >= 15 is 0 Å². The van der Waals surface area contributed by atoms with Crippen molar-refractivity contribution in [2.75, 3.05) is 6.61 Å². The summed E-state index contributed by atoms with van der Waals surface area (Å²) in [5.41, 5.74) is 0.169. The van der Waals surface area contributed by atoms with Gasteiger partial charge in [-0.25, -0.2) is 8.78 Å². The molecule has 1 aliphatic heterocycles. The van der Waals surface area contributed by atoms with Crippen LogP contribution in [0.3, 0.4) is 0 Å². The van der Waals surface area contributed by atoms with Crippen LogP contribution in [-0.4, -0.2) is 17.8 Å². The zero-order chi connectivity index (χ0) is 16.6. The fourth-order valence-electron chi connectivity index (χ4n) is 2.64. The first kappa shape index (κ1) is 16.6. The molecule has 1 heterocycles. The van der Waals surface area contributed by atoms with E-state index in [-0.39, 0.29) is 23.8 Å². The Morgan fingerprint density at radius 3 is 2.48 bits per heavy atom. The minimum absolute atomic E-state index is 0.0617. The van der Waals surface area contributed by atoms with Crippen LogP contribution in [0.15, 0.2) is 41.3 Å². The quantitative estimate of drug-likeness (QED) is 0.853. The second-order valence-corrected chi connectivity index (χ2v) is 7.13. The zero-order valence-electron chi connectivity index (χ0n) is 12.3. The maximum Gasteiger partial charge on any atom is 0.165 e. The zero-order valence-corrected chi connectivity index (χ0v) is 13.9. The van der Waals surface area contributed by atoms with E-state index in [1.165, 1.54) is 11.8 Å². The molecule has 0 amide bonds. The number of thioether (sulfide) groups is 1. The van der Waals surface area contributed by atoms with Crippen molar-refractivity contribution in [3.05, 3.63) is 58.6 Å². The van der Waals surface area contributed by atoms with Crippen LogP contribution in [-0.2, 0) is 0 Å². The summed E-state index contributed by atoms with van der Waals surface area (Å²) in [5.74, 6) is -1.53. The first-order chi connectivity index (χ1) is 11.0. The van der Waals surface area contributed by atoms with Crippen LogP contribution in [0.1, 0.15) is 17.7 Å². The molecule has 1 N–H and O–H groups in total. The lowest BCUT2D eigenvalue weighted by Gasteiger charge is -2.35. The minimum Gasteiger partial charge on any atom is -0.490 e. The average molecular weight is 357 g/mol. The molecule has 2 aromatic rings. The van der Waals surface area contributed by atoms with Gasteiger partial charge >= 0.3 is 0 Å². The molecule has 0 spiro atoms. The molecular formula is C17H15ClF2O2S. The van der Waals surface area contributed by atoms with Crippen molar-refractivity contribution in [2.45, 2.75) is 23.2 Å². The fourth-order valence-corrected chi connectivity index (χ4v) is 4.17. The van der Waals surface area contributed by atoms with Crippen molar-refractivity contribution in [2.24, 2.45) is 5.92 Å². The molecule has 0 saturated heterocycles. The number of aliphatic hydroxyl groups excluding tert-OH is 1. The highest BCUT2D eigenvalue weighted by Crippen LogP contribution is 2.50. The topological polar surface area (TPSA) is 29.5 Å². The van der Waals surface area contributed by atoms with Crippen LogP contribution in [0, 0.1) is 17.6 Å². The third-order valence-corrected chi connectivity index (χ3v) is 5.52. The molecule has 0 bridgehead atoms. The van der Waals surface area contributed by atoms with Gasteiger partial charge in [0.1, 0.15) is 5.82 Å². The van der Waals surface area contributed by atoms with Crippen molar-refractivity contribution >= 4 is 23.4 Å². The lowest BCUT2D eigenvalue weighted by Crippen LogP contribution is -2.33. The highest BCUT2D eigenvalue weighted by molar-refractivity contribution is 7.99. The number of benzene rings is 2. The van der Waals surface area contributed by atoms with Gasteiger partial charge in [0.2, 0.25) is 0 Å². The summed E-state index contributed by atoms with van der Waals surface area (Å²) in [6.45, 7) is 1.77. The highest BCUT2D eigenvalue weighted by Gasteiger charge is 2.38. The summed E-state index contributed by atoms with van der Waals surface area (Å²) in [5, 5.41) is 10.2. The number of fused-ring (bicyclic) bond motifs is 1. The summed E-state index contributed by atoms with van der Waals surface area (Å²) >= 11 is 7.25. The van der Waals surface area contributed by atoms with E-state index in [2.05, 4.69) is 0 Å². The Morgan fingerprint density at radius 1 is 1.17 bits per heavy atom. The molecule has 0 aromatic heterocycles. The third kappa shape index (κ3) is 3.32. The summed E-state index contributed by atoms with van der Waals surface area (Å²) < 4.78 is 33.7. The number of hydrogen-bond donors (Lipinski definition) is 1. The number of hydrogen-bond acceptors (Lipinski definition) is 3. The standard InChI is InChI=1S/C17H15ClF2O2S/c1-9(21)12-8-22-16-14(20)7-6-13(19)15(16)17(12)23-11-4-2-10(18)3-5-11/h2-7,9,12,17,21H,8H2,1H3/t9?,12-,17-/m0/s1. The smallest absolute Gasteiger partial charge is 0.165 e. The van der Waals surface area contributed by atoms with E-state index in [0.717, 1.165) is 17.0 Å².